The van der Waals surface area contributed by atoms with E-state index in [1.807, 2.05) is 30.1 Å². The van der Waals surface area contributed by atoms with Crippen LogP contribution in [-0.4, -0.2) is 23.4 Å². The van der Waals surface area contributed by atoms with Gasteiger partial charge in [0.05, 0.1) is 18.8 Å². The summed E-state index contributed by atoms with van der Waals surface area (Å²) in [5.41, 5.74) is 2.34. The van der Waals surface area contributed by atoms with Crippen LogP contribution in [0.15, 0.2) is 36.5 Å². The Morgan fingerprint density at radius 1 is 1.35 bits per heavy atom. The van der Waals surface area contributed by atoms with E-state index in [-0.39, 0.29) is 6.04 Å². The Kier molecular flexibility index (Phi) is 5.18. The fourth-order valence-electron chi connectivity index (χ4n) is 2.25. The second-order valence-electron chi connectivity index (χ2n) is 4.98. The lowest BCUT2D eigenvalue weighted by atomic mass is 10.0. The maximum atomic E-state index is 5.29. The molecule has 0 radical (unpaired) electrons. The third-order valence-corrected chi connectivity index (χ3v) is 3.31. The van der Waals surface area contributed by atoms with Crippen LogP contribution in [0, 0.1) is 0 Å². The molecule has 20 heavy (non-hydrogen) atoms. The first-order chi connectivity index (χ1) is 9.72. The molecule has 1 aromatic carbocycles. The van der Waals surface area contributed by atoms with E-state index in [1.54, 1.807) is 7.11 Å². The first-order valence-electron chi connectivity index (χ1n) is 7.08. The van der Waals surface area contributed by atoms with Crippen LogP contribution >= 0.6 is 0 Å². The first kappa shape index (κ1) is 14.6. The Hall–Kier alpha value is -1.81. The molecule has 0 aliphatic heterocycles. The lowest BCUT2D eigenvalue weighted by Crippen LogP contribution is -2.24. The van der Waals surface area contributed by atoms with Gasteiger partial charge in [0.1, 0.15) is 5.75 Å². The normalized spacial score (nSPS) is 12.3. The van der Waals surface area contributed by atoms with Gasteiger partial charge in [0, 0.05) is 13.2 Å². The SMILES string of the molecule is CCCNC(Cc1cccc(OC)c1)c1ccn(C)n1. The van der Waals surface area contributed by atoms with Gasteiger partial charge in [-0.1, -0.05) is 19.1 Å². The van der Waals surface area contributed by atoms with Crippen LogP contribution in [0.5, 0.6) is 5.75 Å². The average molecular weight is 273 g/mol. The van der Waals surface area contributed by atoms with Gasteiger partial charge < -0.3 is 10.1 Å². The van der Waals surface area contributed by atoms with Crippen LogP contribution in [0.25, 0.3) is 0 Å². The molecule has 0 spiro atoms. The number of rotatable bonds is 7. The fourth-order valence-corrected chi connectivity index (χ4v) is 2.25. The Morgan fingerprint density at radius 2 is 2.20 bits per heavy atom. The molecule has 2 aromatic rings. The Morgan fingerprint density at radius 3 is 2.85 bits per heavy atom. The van der Waals surface area contributed by atoms with E-state index in [2.05, 4.69) is 35.5 Å². The van der Waals surface area contributed by atoms with Gasteiger partial charge in [0.2, 0.25) is 0 Å². The lowest BCUT2D eigenvalue weighted by Gasteiger charge is -2.17. The zero-order valence-corrected chi connectivity index (χ0v) is 12.5. The maximum Gasteiger partial charge on any atom is 0.119 e. The summed E-state index contributed by atoms with van der Waals surface area (Å²) in [5, 5.41) is 8.09. The molecule has 1 N–H and O–H groups in total. The van der Waals surface area contributed by atoms with E-state index >= 15 is 0 Å². The molecule has 0 saturated carbocycles. The van der Waals surface area contributed by atoms with Crippen LogP contribution in [0.3, 0.4) is 0 Å². The van der Waals surface area contributed by atoms with Crippen LogP contribution in [0.2, 0.25) is 0 Å². The molecule has 0 aliphatic rings. The largest absolute Gasteiger partial charge is 0.497 e. The summed E-state index contributed by atoms with van der Waals surface area (Å²) < 4.78 is 7.14. The second-order valence-corrected chi connectivity index (χ2v) is 4.98. The molecule has 1 heterocycles. The Labute approximate surface area is 120 Å². The predicted molar refractivity (Wildman–Crippen MR) is 80.9 cm³/mol. The van der Waals surface area contributed by atoms with Gasteiger partial charge in [-0.3, -0.25) is 4.68 Å². The molecule has 1 atom stereocenters. The van der Waals surface area contributed by atoms with Crippen molar-refractivity contribution in [2.24, 2.45) is 7.05 Å². The highest BCUT2D eigenvalue weighted by molar-refractivity contribution is 5.29. The highest BCUT2D eigenvalue weighted by atomic mass is 16.5. The molecule has 4 nitrogen and oxygen atoms in total. The highest BCUT2D eigenvalue weighted by Gasteiger charge is 2.14. The van der Waals surface area contributed by atoms with E-state index in [9.17, 15) is 0 Å². The predicted octanol–water partition coefficient (Wildman–Crippen LogP) is 2.71. The third kappa shape index (κ3) is 3.84. The molecule has 0 amide bonds. The van der Waals surface area contributed by atoms with Gasteiger partial charge in [0.15, 0.2) is 0 Å². The molecule has 1 unspecified atom stereocenters. The molecule has 1 aromatic heterocycles. The number of aromatic nitrogens is 2. The summed E-state index contributed by atoms with van der Waals surface area (Å²) in [6, 6.07) is 10.5. The van der Waals surface area contributed by atoms with Crippen molar-refractivity contribution in [1.29, 1.82) is 0 Å². The Bertz CT molecular complexity index is 536. The molecule has 0 bridgehead atoms. The lowest BCUT2D eigenvalue weighted by molar-refractivity contribution is 0.413. The molecular formula is C16H23N3O. The van der Waals surface area contributed by atoms with Gasteiger partial charge >= 0.3 is 0 Å². The first-order valence-corrected chi connectivity index (χ1v) is 7.08. The number of nitrogens with zero attached hydrogens (tertiary/aromatic N) is 2. The summed E-state index contributed by atoms with van der Waals surface area (Å²) in [6.07, 6.45) is 4.01. The molecule has 108 valence electrons. The maximum absolute atomic E-state index is 5.29. The number of hydrogen-bond acceptors (Lipinski definition) is 3. The van der Waals surface area contributed by atoms with Crippen molar-refractivity contribution >= 4 is 0 Å². The molecule has 2 rings (SSSR count). The van der Waals surface area contributed by atoms with Gasteiger partial charge in [0.25, 0.3) is 0 Å². The van der Waals surface area contributed by atoms with Crippen molar-refractivity contribution in [3.8, 4) is 5.75 Å². The molecule has 0 saturated heterocycles. The summed E-state index contributed by atoms with van der Waals surface area (Å²) in [6.45, 7) is 3.17. The highest BCUT2D eigenvalue weighted by Crippen LogP contribution is 2.20. The van der Waals surface area contributed by atoms with Crippen molar-refractivity contribution < 1.29 is 4.74 Å². The minimum atomic E-state index is 0.239. The number of ether oxygens (including phenoxy) is 1. The fraction of sp³-hybridized carbons (Fsp3) is 0.438. The topological polar surface area (TPSA) is 39.1 Å². The van der Waals surface area contributed by atoms with Crippen LogP contribution in [-0.2, 0) is 13.5 Å². The third-order valence-electron chi connectivity index (χ3n) is 3.31. The summed E-state index contributed by atoms with van der Waals surface area (Å²) >= 11 is 0. The van der Waals surface area contributed by atoms with Gasteiger partial charge in [-0.15, -0.1) is 0 Å². The zero-order chi connectivity index (χ0) is 14.4. The van der Waals surface area contributed by atoms with E-state index in [4.69, 9.17) is 4.74 Å². The molecule has 0 fully saturated rings. The van der Waals surface area contributed by atoms with Crippen LogP contribution in [0.4, 0.5) is 0 Å². The van der Waals surface area contributed by atoms with E-state index in [0.717, 1.165) is 30.8 Å². The van der Waals surface area contributed by atoms with Crippen LogP contribution < -0.4 is 10.1 Å². The van der Waals surface area contributed by atoms with E-state index in [0.29, 0.717) is 0 Å². The number of methoxy groups -OCH3 is 1. The summed E-state index contributed by atoms with van der Waals surface area (Å²) in [5.74, 6) is 0.901. The smallest absolute Gasteiger partial charge is 0.119 e. The second kappa shape index (κ2) is 7.10. The minimum absolute atomic E-state index is 0.239. The summed E-state index contributed by atoms with van der Waals surface area (Å²) in [4.78, 5) is 0. The number of hydrogen-bond donors (Lipinski definition) is 1. The van der Waals surface area contributed by atoms with Crippen molar-refractivity contribution in [2.75, 3.05) is 13.7 Å². The monoisotopic (exact) mass is 273 g/mol. The minimum Gasteiger partial charge on any atom is -0.497 e. The van der Waals surface area contributed by atoms with Gasteiger partial charge in [-0.2, -0.15) is 5.10 Å². The van der Waals surface area contributed by atoms with Crippen molar-refractivity contribution in [1.82, 2.24) is 15.1 Å². The molecular weight excluding hydrogens is 250 g/mol. The zero-order valence-electron chi connectivity index (χ0n) is 12.5. The van der Waals surface area contributed by atoms with E-state index in [1.165, 1.54) is 5.56 Å². The standard InChI is InChI=1S/C16H23N3O/c1-4-9-17-16(15-8-10-19(2)18-15)12-13-6-5-7-14(11-13)20-3/h5-8,10-11,16-17H,4,9,12H2,1-3H3. The quantitative estimate of drug-likeness (QED) is 0.843. The van der Waals surface area contributed by atoms with Crippen molar-refractivity contribution in [2.45, 2.75) is 25.8 Å². The molecule has 0 aliphatic carbocycles. The van der Waals surface area contributed by atoms with Crippen LogP contribution in [0.1, 0.15) is 30.6 Å². The van der Waals surface area contributed by atoms with Crippen molar-refractivity contribution in [3.63, 3.8) is 0 Å². The van der Waals surface area contributed by atoms with E-state index < -0.39 is 0 Å². The van der Waals surface area contributed by atoms with Gasteiger partial charge in [-0.05, 0) is 43.1 Å². The molecule has 4 heteroatoms. The number of benzene rings is 1. The van der Waals surface area contributed by atoms with Gasteiger partial charge in [-0.25, -0.2) is 0 Å². The average Bonchev–Trinajstić information content (AvgIpc) is 2.90. The number of aryl methyl sites for hydroxylation is 1. The summed E-state index contributed by atoms with van der Waals surface area (Å²) in [7, 11) is 3.65. The Balaban J connectivity index is 2.14. The number of nitrogens with one attached hydrogen (secondary N) is 1. The van der Waals surface area contributed by atoms with Crippen molar-refractivity contribution in [3.05, 3.63) is 47.8 Å².